The molecule has 5 heteroatoms. The summed E-state index contributed by atoms with van der Waals surface area (Å²) in [5.41, 5.74) is 0. The Morgan fingerprint density at radius 2 is 1.60 bits per heavy atom. The fourth-order valence-corrected chi connectivity index (χ4v) is 2.92. The zero-order valence-electron chi connectivity index (χ0n) is 12.0. The first-order chi connectivity index (χ1) is 9.25. The molecule has 0 saturated carbocycles. The largest absolute Gasteiger partial charge is 0.392 e. The molecule has 4 nitrogen and oxygen atoms in total. The molecule has 0 unspecified atom stereocenters. The van der Waals surface area contributed by atoms with Crippen molar-refractivity contribution in [1.82, 2.24) is 0 Å². The van der Waals surface area contributed by atoms with E-state index in [0.717, 1.165) is 5.41 Å². The normalized spacial score (nSPS) is 17.3. The van der Waals surface area contributed by atoms with E-state index in [2.05, 4.69) is 0 Å². The molecule has 20 heavy (non-hydrogen) atoms. The minimum atomic E-state index is -3.56. The van der Waals surface area contributed by atoms with Crippen LogP contribution in [0.4, 0.5) is 0 Å². The summed E-state index contributed by atoms with van der Waals surface area (Å²) in [5.74, 6) is -0.434. The average Bonchev–Trinajstić information content (AvgIpc) is 2.44. The maximum absolute atomic E-state index is 12.0. The van der Waals surface area contributed by atoms with Crippen molar-refractivity contribution in [2.75, 3.05) is 0 Å². The monoisotopic (exact) mass is 298 g/mol. The minimum absolute atomic E-state index is 0.00113. The Hall–Kier alpha value is -1.17. The molecule has 0 aliphatic rings. The zero-order chi connectivity index (χ0) is 15.3. The van der Waals surface area contributed by atoms with Crippen molar-refractivity contribution in [3.8, 4) is 0 Å². The van der Waals surface area contributed by atoms with Gasteiger partial charge in [-0.15, -0.1) is 0 Å². The Morgan fingerprint density at radius 3 is 2.10 bits per heavy atom. The van der Waals surface area contributed by atoms with Crippen molar-refractivity contribution >= 4 is 9.84 Å². The standard InChI is InChI=1S/C15H22O4S/c1-11(2)15(17)12(3)14(16)9-10-20(18,19)13-7-5-4-6-8-13/h4-12,14-17H,1-3H3/b10-9+/t12-,14+,15-/m0/s1. The van der Waals surface area contributed by atoms with E-state index in [1.165, 1.54) is 18.2 Å². The Balaban J connectivity index is 2.82. The van der Waals surface area contributed by atoms with Gasteiger partial charge in [0.2, 0.25) is 0 Å². The Morgan fingerprint density at radius 1 is 1.05 bits per heavy atom. The average molecular weight is 298 g/mol. The van der Waals surface area contributed by atoms with Crippen LogP contribution in [0.2, 0.25) is 0 Å². The van der Waals surface area contributed by atoms with E-state index in [9.17, 15) is 18.6 Å². The summed E-state index contributed by atoms with van der Waals surface area (Å²) in [5, 5.41) is 20.8. The molecule has 0 aromatic heterocycles. The van der Waals surface area contributed by atoms with Crippen LogP contribution in [-0.2, 0) is 9.84 Å². The van der Waals surface area contributed by atoms with Crippen LogP contribution in [0, 0.1) is 11.8 Å². The highest BCUT2D eigenvalue weighted by Crippen LogP contribution is 2.18. The maximum Gasteiger partial charge on any atom is 0.199 e. The molecule has 0 saturated heterocycles. The van der Waals surface area contributed by atoms with E-state index < -0.39 is 28.0 Å². The van der Waals surface area contributed by atoms with Crippen molar-refractivity contribution < 1.29 is 18.6 Å². The van der Waals surface area contributed by atoms with Crippen molar-refractivity contribution in [3.63, 3.8) is 0 Å². The fraction of sp³-hybridized carbons (Fsp3) is 0.467. The molecule has 0 amide bonds. The van der Waals surface area contributed by atoms with Gasteiger partial charge in [-0.1, -0.05) is 39.0 Å². The van der Waals surface area contributed by atoms with E-state index in [4.69, 9.17) is 0 Å². The first-order valence-electron chi connectivity index (χ1n) is 6.60. The molecule has 1 aromatic carbocycles. The number of sulfone groups is 1. The first kappa shape index (κ1) is 16.9. The second-order valence-corrected chi connectivity index (χ2v) is 7.10. The van der Waals surface area contributed by atoms with Gasteiger partial charge in [0.1, 0.15) is 0 Å². The lowest BCUT2D eigenvalue weighted by molar-refractivity contribution is 0.0170. The quantitative estimate of drug-likeness (QED) is 0.842. The molecule has 0 fully saturated rings. The summed E-state index contributed by atoms with van der Waals surface area (Å²) in [4.78, 5) is 0.181. The number of aliphatic hydroxyl groups is 2. The molecular weight excluding hydrogens is 276 g/mol. The van der Waals surface area contributed by atoms with Crippen LogP contribution < -0.4 is 0 Å². The Labute approximate surface area is 120 Å². The topological polar surface area (TPSA) is 74.6 Å². The summed E-state index contributed by atoms with van der Waals surface area (Å²) >= 11 is 0. The highest BCUT2D eigenvalue weighted by Gasteiger charge is 2.23. The zero-order valence-corrected chi connectivity index (χ0v) is 12.8. The Bertz CT molecular complexity index is 534. The molecule has 2 N–H and O–H groups in total. The first-order valence-corrected chi connectivity index (χ1v) is 8.15. The molecule has 0 heterocycles. The minimum Gasteiger partial charge on any atom is -0.392 e. The van der Waals surface area contributed by atoms with E-state index in [1.807, 2.05) is 13.8 Å². The van der Waals surface area contributed by atoms with Gasteiger partial charge in [-0.05, 0) is 24.1 Å². The van der Waals surface area contributed by atoms with E-state index in [0.29, 0.717) is 0 Å². The van der Waals surface area contributed by atoms with Gasteiger partial charge in [0.25, 0.3) is 0 Å². The van der Waals surface area contributed by atoms with Crippen LogP contribution in [0.1, 0.15) is 20.8 Å². The summed E-state index contributed by atoms with van der Waals surface area (Å²) in [6, 6.07) is 8.01. The molecule has 0 bridgehead atoms. The SMILES string of the molecule is CC(C)[C@H](O)[C@@H](C)[C@H](O)/C=C/S(=O)(=O)c1ccccc1. The van der Waals surface area contributed by atoms with Gasteiger partial charge in [0.15, 0.2) is 9.84 Å². The van der Waals surface area contributed by atoms with Crippen LogP contribution in [0.5, 0.6) is 0 Å². The summed E-state index contributed by atoms with van der Waals surface area (Å²) < 4.78 is 24.0. The predicted octanol–water partition coefficient (Wildman–Crippen LogP) is 1.99. The van der Waals surface area contributed by atoms with Crippen LogP contribution in [0.3, 0.4) is 0 Å². The molecule has 112 valence electrons. The van der Waals surface area contributed by atoms with Gasteiger partial charge in [0, 0.05) is 11.3 Å². The third kappa shape index (κ3) is 4.44. The second-order valence-electron chi connectivity index (χ2n) is 5.27. The summed E-state index contributed by atoms with van der Waals surface area (Å²) in [6.45, 7) is 5.38. The van der Waals surface area contributed by atoms with Crippen molar-refractivity contribution in [3.05, 3.63) is 41.8 Å². The fourth-order valence-electron chi connectivity index (χ4n) is 1.86. The van der Waals surface area contributed by atoms with Gasteiger partial charge >= 0.3 is 0 Å². The lowest BCUT2D eigenvalue weighted by Crippen LogP contribution is -2.32. The van der Waals surface area contributed by atoms with Gasteiger partial charge in [0.05, 0.1) is 17.1 Å². The number of benzene rings is 1. The number of hydrogen-bond acceptors (Lipinski definition) is 4. The highest BCUT2D eigenvalue weighted by molar-refractivity contribution is 7.94. The van der Waals surface area contributed by atoms with Gasteiger partial charge in [-0.25, -0.2) is 8.42 Å². The molecule has 0 aliphatic carbocycles. The third-order valence-electron chi connectivity index (χ3n) is 3.29. The van der Waals surface area contributed by atoms with Crippen LogP contribution >= 0.6 is 0 Å². The van der Waals surface area contributed by atoms with Gasteiger partial charge < -0.3 is 10.2 Å². The van der Waals surface area contributed by atoms with Crippen molar-refractivity contribution in [1.29, 1.82) is 0 Å². The highest BCUT2D eigenvalue weighted by atomic mass is 32.2. The van der Waals surface area contributed by atoms with E-state index in [1.54, 1.807) is 25.1 Å². The lowest BCUT2D eigenvalue weighted by Gasteiger charge is -2.24. The third-order valence-corrected chi connectivity index (χ3v) is 4.73. The predicted molar refractivity (Wildman–Crippen MR) is 78.8 cm³/mol. The van der Waals surface area contributed by atoms with Gasteiger partial charge in [-0.2, -0.15) is 0 Å². The summed E-state index contributed by atoms with van der Waals surface area (Å²) in [6.07, 6.45) is -0.474. The molecule has 0 radical (unpaired) electrons. The molecule has 1 rings (SSSR count). The lowest BCUT2D eigenvalue weighted by atomic mass is 9.90. The second kappa shape index (κ2) is 7.02. The number of rotatable bonds is 6. The number of hydrogen-bond donors (Lipinski definition) is 2. The van der Waals surface area contributed by atoms with Gasteiger partial charge in [-0.3, -0.25) is 0 Å². The van der Waals surface area contributed by atoms with Crippen molar-refractivity contribution in [2.45, 2.75) is 37.9 Å². The molecule has 0 aliphatic heterocycles. The number of aliphatic hydroxyl groups excluding tert-OH is 2. The molecule has 0 spiro atoms. The van der Waals surface area contributed by atoms with E-state index >= 15 is 0 Å². The van der Waals surface area contributed by atoms with E-state index in [-0.39, 0.29) is 10.8 Å². The summed E-state index contributed by atoms with van der Waals surface area (Å²) in [7, 11) is -3.56. The molecular formula is C15H22O4S. The van der Waals surface area contributed by atoms with Crippen LogP contribution in [0.25, 0.3) is 0 Å². The van der Waals surface area contributed by atoms with Crippen molar-refractivity contribution in [2.24, 2.45) is 11.8 Å². The maximum atomic E-state index is 12.0. The molecule has 1 aromatic rings. The van der Waals surface area contributed by atoms with Crippen LogP contribution in [-0.4, -0.2) is 30.8 Å². The Kier molecular flexibility index (Phi) is 5.92. The smallest absolute Gasteiger partial charge is 0.199 e. The van der Waals surface area contributed by atoms with Crippen LogP contribution in [0.15, 0.2) is 46.7 Å². The molecule has 3 atom stereocenters.